The Morgan fingerprint density at radius 1 is 0.913 bits per heavy atom. The Labute approximate surface area is 146 Å². The Balaban J connectivity index is 0.00000132. The minimum atomic E-state index is 0. The lowest BCUT2D eigenvalue weighted by atomic mass is 10.1. The predicted octanol–water partition coefficient (Wildman–Crippen LogP) is 3.39. The van der Waals surface area contributed by atoms with Crippen LogP contribution in [0.5, 0.6) is 0 Å². The van der Waals surface area contributed by atoms with Crippen LogP contribution in [0.25, 0.3) is 10.9 Å². The van der Waals surface area contributed by atoms with E-state index in [2.05, 4.69) is 20.3 Å². The fourth-order valence-corrected chi connectivity index (χ4v) is 2.27. The molecule has 5 N–H and O–H groups in total. The molecule has 3 aromatic rings. The van der Waals surface area contributed by atoms with Gasteiger partial charge in [0.15, 0.2) is 0 Å². The van der Waals surface area contributed by atoms with Crippen molar-refractivity contribution in [2.24, 2.45) is 0 Å². The SMILES string of the molecule is Cc1cc(N)c2cc(Nc3cc(N)nc(C)n3)ccc2n1.Cl.Cl. The molecule has 0 bridgehead atoms. The Morgan fingerprint density at radius 3 is 2.35 bits per heavy atom. The van der Waals surface area contributed by atoms with E-state index in [9.17, 15) is 0 Å². The van der Waals surface area contributed by atoms with Crippen molar-refractivity contribution in [2.45, 2.75) is 13.8 Å². The quantitative estimate of drug-likeness (QED) is 0.653. The highest BCUT2D eigenvalue weighted by atomic mass is 35.5. The Hall–Kier alpha value is -2.31. The molecule has 0 aliphatic rings. The van der Waals surface area contributed by atoms with Gasteiger partial charge in [0.25, 0.3) is 0 Å². The molecule has 0 amide bonds. The summed E-state index contributed by atoms with van der Waals surface area (Å²) in [6, 6.07) is 9.36. The normalized spacial score (nSPS) is 9.83. The van der Waals surface area contributed by atoms with Gasteiger partial charge in [-0.1, -0.05) is 0 Å². The third kappa shape index (κ3) is 4.12. The summed E-state index contributed by atoms with van der Waals surface area (Å²) in [5.41, 5.74) is 15.1. The van der Waals surface area contributed by atoms with Crippen molar-refractivity contribution in [3.8, 4) is 0 Å². The number of aromatic nitrogens is 3. The van der Waals surface area contributed by atoms with Gasteiger partial charge in [0.1, 0.15) is 17.5 Å². The third-order valence-corrected chi connectivity index (χ3v) is 3.10. The van der Waals surface area contributed by atoms with Crippen LogP contribution in [0, 0.1) is 13.8 Å². The Bertz CT molecular complexity index is 817. The second-order valence-electron chi connectivity index (χ2n) is 4.94. The van der Waals surface area contributed by atoms with E-state index >= 15 is 0 Å². The standard InChI is InChI=1S/C15H16N6.2ClH/c1-8-5-12(16)11-6-10(3-4-13(11)18-8)21-15-7-14(17)19-9(2)20-15;;/h3-7H,1-2H3,(H2,16,18)(H3,17,19,20,21);2*1H. The van der Waals surface area contributed by atoms with E-state index in [1.54, 1.807) is 13.0 Å². The molecule has 0 unspecified atom stereocenters. The molecule has 122 valence electrons. The van der Waals surface area contributed by atoms with Gasteiger partial charge in [0.05, 0.1) is 5.52 Å². The minimum absolute atomic E-state index is 0. The molecule has 8 heteroatoms. The molecule has 3 rings (SSSR count). The second kappa shape index (κ2) is 7.30. The van der Waals surface area contributed by atoms with Crippen LogP contribution >= 0.6 is 24.8 Å². The first-order valence-electron chi connectivity index (χ1n) is 6.56. The number of rotatable bonds is 2. The van der Waals surface area contributed by atoms with Crippen LogP contribution in [0.2, 0.25) is 0 Å². The van der Waals surface area contributed by atoms with Crippen LogP contribution in [0.1, 0.15) is 11.5 Å². The number of anilines is 4. The van der Waals surface area contributed by atoms with E-state index in [4.69, 9.17) is 11.5 Å². The van der Waals surface area contributed by atoms with Crippen LogP contribution in [-0.4, -0.2) is 15.0 Å². The number of halogens is 2. The van der Waals surface area contributed by atoms with Crippen LogP contribution in [0.15, 0.2) is 30.3 Å². The lowest BCUT2D eigenvalue weighted by Gasteiger charge is -2.09. The highest BCUT2D eigenvalue weighted by molar-refractivity contribution is 5.93. The Morgan fingerprint density at radius 2 is 1.65 bits per heavy atom. The van der Waals surface area contributed by atoms with Gasteiger partial charge >= 0.3 is 0 Å². The number of nitrogens with one attached hydrogen (secondary N) is 1. The van der Waals surface area contributed by atoms with E-state index in [1.165, 1.54) is 0 Å². The zero-order valence-electron chi connectivity index (χ0n) is 12.7. The number of hydrogen-bond donors (Lipinski definition) is 3. The molecular weight excluding hydrogens is 335 g/mol. The van der Waals surface area contributed by atoms with Crippen molar-refractivity contribution in [3.63, 3.8) is 0 Å². The molecule has 0 spiro atoms. The number of nitrogens with two attached hydrogens (primary N) is 2. The number of aryl methyl sites for hydroxylation is 2. The summed E-state index contributed by atoms with van der Waals surface area (Å²) in [6.45, 7) is 3.72. The molecular formula is C15H18Cl2N6. The molecule has 23 heavy (non-hydrogen) atoms. The maximum absolute atomic E-state index is 6.05. The molecule has 0 atom stereocenters. The van der Waals surface area contributed by atoms with Crippen molar-refractivity contribution in [1.29, 1.82) is 0 Å². The zero-order valence-corrected chi connectivity index (χ0v) is 14.3. The van der Waals surface area contributed by atoms with Crippen molar-refractivity contribution >= 4 is 58.7 Å². The maximum Gasteiger partial charge on any atom is 0.136 e. The van der Waals surface area contributed by atoms with Gasteiger partial charge in [-0.2, -0.15) is 0 Å². The number of nitrogen functional groups attached to an aromatic ring is 2. The molecule has 0 radical (unpaired) electrons. The third-order valence-electron chi connectivity index (χ3n) is 3.10. The minimum Gasteiger partial charge on any atom is -0.398 e. The molecule has 1 aromatic carbocycles. The zero-order chi connectivity index (χ0) is 15.0. The topological polar surface area (TPSA) is 103 Å². The first-order valence-corrected chi connectivity index (χ1v) is 6.56. The predicted molar refractivity (Wildman–Crippen MR) is 99.9 cm³/mol. The van der Waals surface area contributed by atoms with E-state index < -0.39 is 0 Å². The molecule has 6 nitrogen and oxygen atoms in total. The van der Waals surface area contributed by atoms with E-state index in [0.717, 1.165) is 22.3 Å². The van der Waals surface area contributed by atoms with Crippen LogP contribution in [0.3, 0.4) is 0 Å². The van der Waals surface area contributed by atoms with Gasteiger partial charge in [0, 0.05) is 28.5 Å². The summed E-state index contributed by atoms with van der Waals surface area (Å²) >= 11 is 0. The summed E-state index contributed by atoms with van der Waals surface area (Å²) in [4.78, 5) is 12.8. The molecule has 2 aromatic heterocycles. The summed E-state index contributed by atoms with van der Waals surface area (Å²) in [5.74, 6) is 1.70. The summed E-state index contributed by atoms with van der Waals surface area (Å²) in [5, 5.41) is 4.11. The molecule has 0 saturated heterocycles. The largest absolute Gasteiger partial charge is 0.398 e. The number of benzene rings is 1. The number of hydrogen-bond acceptors (Lipinski definition) is 6. The average Bonchev–Trinajstić information content (AvgIpc) is 2.38. The maximum atomic E-state index is 6.05. The van der Waals surface area contributed by atoms with Gasteiger partial charge in [-0.15, -0.1) is 24.8 Å². The highest BCUT2D eigenvalue weighted by Gasteiger charge is 2.05. The van der Waals surface area contributed by atoms with Crippen molar-refractivity contribution in [3.05, 3.63) is 41.9 Å². The summed E-state index contributed by atoms with van der Waals surface area (Å²) < 4.78 is 0. The monoisotopic (exact) mass is 352 g/mol. The number of nitrogens with zero attached hydrogens (tertiary/aromatic N) is 3. The summed E-state index contributed by atoms with van der Waals surface area (Å²) in [6.07, 6.45) is 0. The highest BCUT2D eigenvalue weighted by Crippen LogP contribution is 2.25. The second-order valence-corrected chi connectivity index (χ2v) is 4.94. The van der Waals surface area contributed by atoms with Gasteiger partial charge in [-0.3, -0.25) is 4.98 Å². The van der Waals surface area contributed by atoms with Gasteiger partial charge in [0.2, 0.25) is 0 Å². The lowest BCUT2D eigenvalue weighted by Crippen LogP contribution is -2.01. The average molecular weight is 353 g/mol. The van der Waals surface area contributed by atoms with Crippen LogP contribution < -0.4 is 16.8 Å². The summed E-state index contributed by atoms with van der Waals surface area (Å²) in [7, 11) is 0. The van der Waals surface area contributed by atoms with Crippen molar-refractivity contribution in [2.75, 3.05) is 16.8 Å². The lowest BCUT2D eigenvalue weighted by molar-refractivity contribution is 1.06. The van der Waals surface area contributed by atoms with Crippen molar-refractivity contribution < 1.29 is 0 Å². The van der Waals surface area contributed by atoms with E-state index in [0.29, 0.717) is 23.1 Å². The Kier molecular flexibility index (Phi) is 5.95. The molecule has 0 aliphatic heterocycles. The molecule has 0 aliphatic carbocycles. The van der Waals surface area contributed by atoms with Crippen LogP contribution in [-0.2, 0) is 0 Å². The van der Waals surface area contributed by atoms with Gasteiger partial charge in [-0.25, -0.2) is 9.97 Å². The first kappa shape index (κ1) is 18.7. The van der Waals surface area contributed by atoms with Crippen molar-refractivity contribution in [1.82, 2.24) is 15.0 Å². The van der Waals surface area contributed by atoms with Gasteiger partial charge < -0.3 is 16.8 Å². The van der Waals surface area contributed by atoms with Gasteiger partial charge in [-0.05, 0) is 38.1 Å². The molecule has 0 saturated carbocycles. The van der Waals surface area contributed by atoms with E-state index in [-0.39, 0.29) is 24.8 Å². The molecule has 0 fully saturated rings. The van der Waals surface area contributed by atoms with E-state index in [1.807, 2.05) is 31.2 Å². The number of fused-ring (bicyclic) bond motifs is 1. The van der Waals surface area contributed by atoms with Crippen LogP contribution in [0.4, 0.5) is 23.0 Å². The molecule has 2 heterocycles. The fourth-order valence-electron chi connectivity index (χ4n) is 2.27. The fraction of sp³-hybridized carbons (Fsp3) is 0.133. The number of pyridine rings is 1. The first-order chi connectivity index (χ1) is 10.0. The smallest absolute Gasteiger partial charge is 0.136 e.